The number of hydrogen-bond donors (Lipinski definition) is 1. The maximum atomic E-state index is 12.5. The third-order valence-corrected chi connectivity index (χ3v) is 4.64. The summed E-state index contributed by atoms with van der Waals surface area (Å²) in [5, 5.41) is 6.92. The Kier molecular flexibility index (Phi) is 3.37. The van der Waals surface area contributed by atoms with Gasteiger partial charge in [-0.3, -0.25) is 9.20 Å². The molecule has 0 saturated heterocycles. The van der Waals surface area contributed by atoms with Crippen molar-refractivity contribution in [2.75, 3.05) is 0 Å². The van der Waals surface area contributed by atoms with Gasteiger partial charge in [-0.2, -0.15) is 9.78 Å². The molecule has 0 radical (unpaired) electrons. The largest absolute Gasteiger partial charge is 0.330 e. The van der Waals surface area contributed by atoms with Crippen molar-refractivity contribution in [3.63, 3.8) is 0 Å². The SMILES string of the molecule is O=c1c2ccccc2[nH]c(=S)n1N=Cc1c(Cl)nc2sccn12. The summed E-state index contributed by atoms with van der Waals surface area (Å²) in [4.78, 5) is 20.5. The topological polar surface area (TPSA) is 67.5 Å². The number of hydrogen-bond acceptors (Lipinski definition) is 5. The van der Waals surface area contributed by atoms with E-state index in [-0.39, 0.29) is 10.3 Å². The van der Waals surface area contributed by atoms with Crippen LogP contribution in [0.1, 0.15) is 5.69 Å². The van der Waals surface area contributed by atoms with E-state index in [4.69, 9.17) is 23.8 Å². The molecule has 1 N–H and O–H groups in total. The molecule has 0 bridgehead atoms. The quantitative estimate of drug-likeness (QED) is 0.440. The molecule has 6 nitrogen and oxygen atoms in total. The van der Waals surface area contributed by atoms with Gasteiger partial charge in [-0.25, -0.2) is 4.98 Å². The van der Waals surface area contributed by atoms with Crippen LogP contribution in [0.3, 0.4) is 0 Å². The van der Waals surface area contributed by atoms with Crippen molar-refractivity contribution < 1.29 is 0 Å². The van der Waals surface area contributed by atoms with Crippen LogP contribution in [0.25, 0.3) is 15.9 Å². The second kappa shape index (κ2) is 5.41. The highest BCUT2D eigenvalue weighted by Crippen LogP contribution is 2.19. The van der Waals surface area contributed by atoms with E-state index in [0.29, 0.717) is 21.7 Å². The zero-order valence-corrected chi connectivity index (χ0v) is 13.8. The van der Waals surface area contributed by atoms with Gasteiger partial charge in [-0.05, 0) is 24.4 Å². The Morgan fingerprint density at radius 3 is 3.09 bits per heavy atom. The molecule has 1 aromatic carbocycles. The molecule has 4 rings (SSSR count). The molecule has 0 amide bonds. The lowest BCUT2D eigenvalue weighted by Gasteiger charge is -2.02. The Labute approximate surface area is 143 Å². The van der Waals surface area contributed by atoms with E-state index in [2.05, 4.69) is 15.1 Å². The van der Waals surface area contributed by atoms with Gasteiger partial charge in [0.05, 0.1) is 17.1 Å². The van der Waals surface area contributed by atoms with Crippen LogP contribution in [0, 0.1) is 4.77 Å². The Morgan fingerprint density at radius 2 is 2.22 bits per heavy atom. The molecule has 0 spiro atoms. The van der Waals surface area contributed by atoms with Crippen LogP contribution in [0.5, 0.6) is 0 Å². The number of halogens is 1. The predicted molar refractivity (Wildman–Crippen MR) is 94.5 cm³/mol. The van der Waals surface area contributed by atoms with Gasteiger partial charge >= 0.3 is 0 Å². The fourth-order valence-electron chi connectivity index (χ4n) is 2.26. The molecular formula is C14H8ClN5OS2. The van der Waals surface area contributed by atoms with Gasteiger partial charge in [-0.1, -0.05) is 23.7 Å². The van der Waals surface area contributed by atoms with Gasteiger partial charge in [0.2, 0.25) is 4.77 Å². The Hall–Kier alpha value is -2.29. The first-order valence-corrected chi connectivity index (χ1v) is 8.21. The Balaban J connectivity index is 1.90. The third kappa shape index (κ3) is 2.31. The lowest BCUT2D eigenvalue weighted by molar-refractivity contribution is 0.799. The maximum absolute atomic E-state index is 12.5. The van der Waals surface area contributed by atoms with Crippen LogP contribution in [0.4, 0.5) is 0 Å². The number of benzene rings is 1. The summed E-state index contributed by atoms with van der Waals surface area (Å²) in [7, 11) is 0. The molecule has 0 unspecified atom stereocenters. The van der Waals surface area contributed by atoms with Crippen molar-refractivity contribution >= 4 is 57.2 Å². The molecule has 114 valence electrons. The number of fused-ring (bicyclic) bond motifs is 2. The van der Waals surface area contributed by atoms with Gasteiger partial charge < -0.3 is 4.98 Å². The van der Waals surface area contributed by atoms with Gasteiger partial charge in [0.1, 0.15) is 5.69 Å². The lowest BCUT2D eigenvalue weighted by atomic mass is 10.2. The number of nitrogens with zero attached hydrogens (tertiary/aromatic N) is 4. The van der Waals surface area contributed by atoms with Crippen LogP contribution in [-0.2, 0) is 0 Å². The van der Waals surface area contributed by atoms with Crippen LogP contribution in [-0.4, -0.2) is 25.3 Å². The molecule has 0 aliphatic carbocycles. The van der Waals surface area contributed by atoms with Crippen LogP contribution < -0.4 is 5.56 Å². The highest BCUT2D eigenvalue weighted by Gasteiger charge is 2.10. The van der Waals surface area contributed by atoms with Gasteiger partial charge in [0, 0.05) is 11.6 Å². The molecule has 9 heteroatoms. The zero-order valence-electron chi connectivity index (χ0n) is 11.4. The minimum Gasteiger partial charge on any atom is -0.330 e. The molecule has 23 heavy (non-hydrogen) atoms. The van der Waals surface area contributed by atoms with E-state index >= 15 is 0 Å². The zero-order chi connectivity index (χ0) is 16.0. The van der Waals surface area contributed by atoms with Crippen LogP contribution >= 0.6 is 35.2 Å². The average Bonchev–Trinajstić information content (AvgIpc) is 3.09. The van der Waals surface area contributed by atoms with Crippen molar-refractivity contribution in [2.45, 2.75) is 0 Å². The molecule has 0 fully saturated rings. The number of thiazole rings is 1. The van der Waals surface area contributed by atoms with E-state index in [1.54, 1.807) is 22.6 Å². The first kappa shape index (κ1) is 14.3. The van der Waals surface area contributed by atoms with Crippen molar-refractivity contribution in [3.05, 3.63) is 61.8 Å². The molecule has 0 saturated carbocycles. The molecule has 3 heterocycles. The first-order chi connectivity index (χ1) is 11.1. The standard InChI is InChI=1S/C14H8ClN5OS2/c15-11-10(19-5-6-23-14(19)18-11)7-16-20-12(21)8-3-1-2-4-9(8)17-13(20)22/h1-7H,(H,17,22). The number of nitrogens with one attached hydrogen (secondary N) is 1. The lowest BCUT2D eigenvalue weighted by Crippen LogP contribution is -2.18. The highest BCUT2D eigenvalue weighted by atomic mass is 35.5. The van der Waals surface area contributed by atoms with Crippen molar-refractivity contribution in [1.29, 1.82) is 0 Å². The number of aromatic nitrogens is 4. The molecular weight excluding hydrogens is 354 g/mol. The average molecular weight is 362 g/mol. The van der Waals surface area contributed by atoms with Crippen molar-refractivity contribution in [3.8, 4) is 0 Å². The third-order valence-electron chi connectivity index (χ3n) is 3.33. The van der Waals surface area contributed by atoms with Gasteiger partial charge in [0.15, 0.2) is 10.1 Å². The van der Waals surface area contributed by atoms with Gasteiger partial charge in [0.25, 0.3) is 5.56 Å². The monoisotopic (exact) mass is 361 g/mol. The Morgan fingerprint density at radius 1 is 1.39 bits per heavy atom. The number of H-pyrrole nitrogens is 1. The summed E-state index contributed by atoms with van der Waals surface area (Å²) >= 11 is 12.8. The Bertz CT molecular complexity index is 1180. The van der Waals surface area contributed by atoms with E-state index < -0.39 is 0 Å². The molecule has 4 aromatic rings. The van der Waals surface area contributed by atoms with Crippen LogP contribution in [0.2, 0.25) is 5.15 Å². The van der Waals surface area contributed by atoms with E-state index in [9.17, 15) is 4.79 Å². The summed E-state index contributed by atoms with van der Waals surface area (Å²) < 4.78 is 3.15. The van der Waals surface area contributed by atoms with Crippen LogP contribution in [0.15, 0.2) is 45.7 Å². The summed E-state index contributed by atoms with van der Waals surface area (Å²) in [5.74, 6) is 0. The number of para-hydroxylation sites is 1. The summed E-state index contributed by atoms with van der Waals surface area (Å²) in [6, 6.07) is 7.14. The highest BCUT2D eigenvalue weighted by molar-refractivity contribution is 7.71. The smallest absolute Gasteiger partial charge is 0.282 e. The van der Waals surface area contributed by atoms with Crippen molar-refractivity contribution in [1.82, 2.24) is 19.0 Å². The second-order valence-electron chi connectivity index (χ2n) is 4.68. The number of aromatic amines is 1. The first-order valence-electron chi connectivity index (χ1n) is 6.54. The maximum Gasteiger partial charge on any atom is 0.282 e. The van der Waals surface area contributed by atoms with E-state index in [1.807, 2.05) is 17.6 Å². The molecule has 0 aliphatic rings. The second-order valence-corrected chi connectivity index (χ2v) is 6.30. The van der Waals surface area contributed by atoms with E-state index in [0.717, 1.165) is 9.64 Å². The van der Waals surface area contributed by atoms with Crippen molar-refractivity contribution in [2.24, 2.45) is 5.10 Å². The summed E-state index contributed by atoms with van der Waals surface area (Å²) in [5.41, 5.74) is 0.983. The normalized spacial score (nSPS) is 11.9. The summed E-state index contributed by atoms with van der Waals surface area (Å²) in [6.45, 7) is 0. The fraction of sp³-hybridized carbons (Fsp3) is 0. The fourth-order valence-corrected chi connectivity index (χ4v) is 3.49. The predicted octanol–water partition coefficient (Wildman–Crippen LogP) is 3.30. The minimum absolute atomic E-state index is 0.215. The number of imidazole rings is 1. The number of rotatable bonds is 2. The minimum atomic E-state index is -0.289. The molecule has 0 atom stereocenters. The van der Waals surface area contributed by atoms with Gasteiger partial charge in [-0.15, -0.1) is 11.3 Å². The molecule has 3 aromatic heterocycles. The molecule has 0 aliphatic heterocycles. The summed E-state index contributed by atoms with van der Waals surface area (Å²) in [6.07, 6.45) is 3.32. The van der Waals surface area contributed by atoms with E-state index in [1.165, 1.54) is 17.6 Å².